The van der Waals surface area contributed by atoms with Crippen molar-refractivity contribution in [2.24, 2.45) is 0 Å². The first-order valence-corrected chi connectivity index (χ1v) is 17.4. The van der Waals surface area contributed by atoms with Crippen molar-refractivity contribution in [1.29, 1.82) is 0 Å². The van der Waals surface area contributed by atoms with E-state index in [4.69, 9.17) is 0 Å². The normalized spacial score (nSPS) is 12.6. The van der Waals surface area contributed by atoms with E-state index < -0.39 is 8.07 Å². The monoisotopic (exact) mass is 427 g/mol. The average Bonchev–Trinajstić information content (AvgIpc) is 2.71. The van der Waals surface area contributed by atoms with Crippen LogP contribution in [0, 0.1) is 0 Å². The highest BCUT2D eigenvalue weighted by Gasteiger charge is 2.26. The minimum Gasteiger partial charge on any atom is -0.324 e. The highest BCUT2D eigenvalue weighted by atomic mass is 28.3. The summed E-state index contributed by atoms with van der Waals surface area (Å²) in [6.07, 6.45) is 15.4. The van der Waals surface area contributed by atoms with Crippen LogP contribution in [-0.2, 0) is 0 Å². The molecule has 3 heteroatoms. The van der Waals surface area contributed by atoms with Crippen LogP contribution in [0.2, 0.25) is 44.5 Å². The number of quaternary nitrogens is 1. The molecule has 0 amide bonds. The molecular formula is C26H62BNSi. The van der Waals surface area contributed by atoms with Crippen molar-refractivity contribution in [2.45, 2.75) is 144 Å². The molecule has 0 aromatic rings. The van der Waals surface area contributed by atoms with Crippen molar-refractivity contribution in [3.8, 4) is 0 Å². The van der Waals surface area contributed by atoms with Gasteiger partial charge in [0.2, 0.25) is 0 Å². The summed E-state index contributed by atoms with van der Waals surface area (Å²) in [4.78, 5) is 0. The highest BCUT2D eigenvalue weighted by molar-refractivity contribution is 6.95. The predicted octanol–water partition coefficient (Wildman–Crippen LogP) is 9.38. The second-order valence-corrected chi connectivity index (χ2v) is 16.9. The Hall–Kier alpha value is 0.242. The van der Waals surface area contributed by atoms with E-state index in [1.807, 2.05) is 0 Å². The maximum atomic E-state index is 2.50. The van der Waals surface area contributed by atoms with E-state index in [2.05, 4.69) is 68.1 Å². The fourth-order valence-corrected chi connectivity index (χ4v) is 8.71. The number of unbranched alkanes of at least 4 members (excludes halogenated alkanes) is 4. The van der Waals surface area contributed by atoms with E-state index in [0.717, 1.165) is 0 Å². The molecule has 0 atom stereocenters. The van der Waals surface area contributed by atoms with Gasteiger partial charge < -0.3 is 4.48 Å². The van der Waals surface area contributed by atoms with Gasteiger partial charge in [0.05, 0.1) is 26.2 Å². The van der Waals surface area contributed by atoms with Crippen LogP contribution in [0.4, 0.5) is 0 Å². The van der Waals surface area contributed by atoms with Crippen LogP contribution in [-0.4, -0.2) is 44.9 Å². The topological polar surface area (TPSA) is 0 Å². The lowest BCUT2D eigenvalue weighted by Gasteiger charge is -2.41. The first-order chi connectivity index (χ1) is 13.6. The van der Waals surface area contributed by atoms with Gasteiger partial charge in [0, 0.05) is 8.07 Å². The molecule has 29 heavy (non-hydrogen) atoms. The molecule has 0 N–H and O–H groups in total. The lowest BCUT2D eigenvalue weighted by molar-refractivity contribution is -0.929. The van der Waals surface area contributed by atoms with Gasteiger partial charge in [0.1, 0.15) is 0 Å². The zero-order valence-electron chi connectivity index (χ0n) is 22.8. The third kappa shape index (κ3) is 15.7. The maximum Gasteiger partial charge on any atom is 0.0786 e. The van der Waals surface area contributed by atoms with Crippen molar-refractivity contribution in [3.63, 3.8) is 0 Å². The smallest absolute Gasteiger partial charge is 0.0786 e. The van der Waals surface area contributed by atoms with Gasteiger partial charge in [0.15, 0.2) is 0 Å². The molecule has 0 unspecified atom stereocenters. The summed E-state index contributed by atoms with van der Waals surface area (Å²) in [6.45, 7) is 29.7. The quantitative estimate of drug-likeness (QED) is 0.160. The van der Waals surface area contributed by atoms with E-state index >= 15 is 0 Å². The summed E-state index contributed by atoms with van der Waals surface area (Å²) in [6, 6.07) is 0. The first-order valence-electron chi connectivity index (χ1n) is 13.7. The largest absolute Gasteiger partial charge is 0.324 e. The Balaban J connectivity index is 0. The van der Waals surface area contributed by atoms with Crippen molar-refractivity contribution < 1.29 is 4.48 Å². The van der Waals surface area contributed by atoms with Gasteiger partial charge in [-0.3, -0.25) is 0 Å². The Morgan fingerprint density at radius 3 is 0.931 bits per heavy atom. The summed E-state index contributed by atoms with van der Waals surface area (Å²) in [7, 11) is -0.828. The van der Waals surface area contributed by atoms with Crippen LogP contribution in [0.25, 0.3) is 0 Å². The first kappa shape index (κ1) is 31.4. The molecule has 0 bridgehead atoms. The third-order valence-electron chi connectivity index (χ3n) is 7.59. The van der Waals surface area contributed by atoms with E-state index in [9.17, 15) is 0 Å². The summed E-state index contributed by atoms with van der Waals surface area (Å²) in [5, 5.41) is 0. The van der Waals surface area contributed by atoms with Crippen molar-refractivity contribution >= 4 is 14.2 Å². The number of hydrogen-bond donors (Lipinski definition) is 0. The molecule has 1 nitrogen and oxygen atoms in total. The molecule has 0 saturated carbocycles. The van der Waals surface area contributed by atoms with Gasteiger partial charge in [-0.25, -0.2) is 0 Å². The lowest BCUT2D eigenvalue weighted by Crippen LogP contribution is -2.50. The summed E-state index contributed by atoms with van der Waals surface area (Å²) < 4.78 is 1.42. The Morgan fingerprint density at radius 2 is 0.793 bits per heavy atom. The van der Waals surface area contributed by atoms with Crippen molar-refractivity contribution in [1.82, 2.24) is 0 Å². The third-order valence-corrected chi connectivity index (χ3v) is 9.68. The number of hydrogen-bond acceptors (Lipinski definition) is 0. The van der Waals surface area contributed by atoms with Crippen molar-refractivity contribution in [2.75, 3.05) is 26.2 Å². The van der Waals surface area contributed by atoms with E-state index in [-0.39, 0.29) is 6.15 Å². The van der Waals surface area contributed by atoms with E-state index in [1.54, 1.807) is 5.94 Å². The zero-order chi connectivity index (χ0) is 22.8. The molecule has 0 aromatic carbocycles. The zero-order valence-corrected chi connectivity index (χ0v) is 23.8. The second kappa shape index (κ2) is 17.9. The van der Waals surface area contributed by atoms with Crippen LogP contribution in [0.1, 0.15) is 99.8 Å². The molecule has 0 rings (SSSR count). The fraction of sp³-hybridized carbons (Fsp3) is 1.00. The minimum absolute atomic E-state index is 0.0131. The lowest BCUT2D eigenvalue weighted by atomic mass is 9.22. The maximum absolute atomic E-state index is 2.50. The molecule has 0 radical (unpaired) electrons. The Morgan fingerprint density at radius 1 is 0.517 bits per heavy atom. The highest BCUT2D eigenvalue weighted by Crippen LogP contribution is 2.29. The molecule has 0 aliphatic rings. The van der Waals surface area contributed by atoms with Crippen LogP contribution in [0.3, 0.4) is 0 Å². The van der Waals surface area contributed by atoms with E-state index in [1.165, 1.54) is 101 Å². The molecule has 0 fully saturated rings. The summed E-state index contributed by atoms with van der Waals surface area (Å²) >= 11 is 0. The minimum atomic E-state index is -0.828. The number of nitrogens with zero attached hydrogens (tertiary/aromatic N) is 1. The van der Waals surface area contributed by atoms with Gasteiger partial charge in [-0.15, -0.1) is 0 Å². The van der Waals surface area contributed by atoms with Gasteiger partial charge in [-0.1, -0.05) is 93.8 Å². The van der Waals surface area contributed by atoms with Crippen LogP contribution < -0.4 is 0 Å². The Kier molecular flexibility index (Phi) is 19.4. The SMILES string of the molecule is CCCC[N+](CCCC)(CCCC)CCCC.CC[B-](CC)(CC)C[Si](C)(C)C. The molecule has 178 valence electrons. The molecular weight excluding hydrogens is 365 g/mol. The standard InChI is InChI=1S/C16H36N.C10H26BSi/c1-5-9-13-17(14-10-6-2,15-11-7-3)16-12-8-4;1-7-11(8-2,9-3)10-12(4,5)6/h5-16H2,1-4H3;7-10H2,1-6H3/q+1;-1. The van der Waals surface area contributed by atoms with Gasteiger partial charge in [0.25, 0.3) is 0 Å². The summed E-state index contributed by atoms with van der Waals surface area (Å²) in [5.41, 5.74) is 0. The molecule has 0 aromatic heterocycles. The predicted molar refractivity (Wildman–Crippen MR) is 145 cm³/mol. The Labute approximate surface area is 189 Å². The second-order valence-electron chi connectivity index (χ2n) is 11.4. The molecule has 0 saturated heterocycles. The molecule has 0 heterocycles. The molecule has 0 aliphatic carbocycles. The van der Waals surface area contributed by atoms with Gasteiger partial charge >= 0.3 is 0 Å². The summed E-state index contributed by atoms with van der Waals surface area (Å²) in [5.74, 6) is 1.57. The van der Waals surface area contributed by atoms with Gasteiger partial charge in [-0.05, 0) is 31.8 Å². The molecule has 0 spiro atoms. The van der Waals surface area contributed by atoms with Crippen molar-refractivity contribution in [3.05, 3.63) is 0 Å². The van der Waals surface area contributed by atoms with E-state index in [0.29, 0.717) is 0 Å². The number of rotatable bonds is 17. The van der Waals surface area contributed by atoms with Crippen LogP contribution >= 0.6 is 0 Å². The Bertz CT molecular complexity index is 301. The van der Waals surface area contributed by atoms with Crippen LogP contribution in [0.15, 0.2) is 0 Å². The average molecular weight is 428 g/mol. The fourth-order valence-electron chi connectivity index (χ4n) is 5.24. The van der Waals surface area contributed by atoms with Crippen LogP contribution in [0.5, 0.6) is 0 Å². The van der Waals surface area contributed by atoms with Gasteiger partial charge in [-0.2, -0.15) is 24.9 Å². The molecule has 0 aliphatic heterocycles.